The van der Waals surface area contributed by atoms with Crippen molar-refractivity contribution in [1.29, 1.82) is 0 Å². The highest BCUT2D eigenvalue weighted by atomic mass is 32.1. The molecule has 0 aromatic heterocycles. The molecule has 146 valence electrons. The highest BCUT2D eigenvalue weighted by Crippen LogP contribution is 2.39. The normalized spacial score (nSPS) is 14.9. The second-order valence-electron chi connectivity index (χ2n) is 5.79. The van der Waals surface area contributed by atoms with Crippen LogP contribution in [0.15, 0.2) is 42.1 Å². The molecule has 2 aromatic carbocycles. The average molecular weight is 400 g/mol. The summed E-state index contributed by atoms with van der Waals surface area (Å²) in [6, 6.07) is 10.6. The molecule has 0 aliphatic carbocycles. The Bertz CT molecular complexity index is 915. The van der Waals surface area contributed by atoms with Crippen molar-refractivity contribution in [1.82, 2.24) is 5.32 Å². The van der Waals surface area contributed by atoms with Crippen molar-refractivity contribution in [2.75, 3.05) is 33.3 Å². The topological polar surface area (TPSA) is 69.3 Å². The van der Waals surface area contributed by atoms with Crippen molar-refractivity contribution >= 4 is 35.0 Å². The van der Waals surface area contributed by atoms with Gasteiger partial charge in [-0.2, -0.15) is 0 Å². The SMILES string of the molecule is COc1ccc(N2C(=O)C(=Cc3cc(OC)c(OC)c(OC)c3)NC2=S)cc1. The van der Waals surface area contributed by atoms with E-state index in [4.69, 9.17) is 31.2 Å². The van der Waals surface area contributed by atoms with Crippen molar-refractivity contribution in [3.8, 4) is 23.0 Å². The monoisotopic (exact) mass is 400 g/mol. The number of hydrogen-bond donors (Lipinski definition) is 1. The fourth-order valence-corrected chi connectivity index (χ4v) is 3.15. The summed E-state index contributed by atoms with van der Waals surface area (Å²) in [5.74, 6) is 1.90. The first-order chi connectivity index (χ1) is 13.5. The summed E-state index contributed by atoms with van der Waals surface area (Å²) in [7, 11) is 6.19. The molecule has 7 nitrogen and oxygen atoms in total. The molecular weight excluding hydrogens is 380 g/mol. The molecule has 0 spiro atoms. The fourth-order valence-electron chi connectivity index (χ4n) is 2.85. The van der Waals surface area contributed by atoms with Gasteiger partial charge in [-0.15, -0.1) is 0 Å². The summed E-state index contributed by atoms with van der Waals surface area (Å²) in [6.07, 6.45) is 1.68. The number of carbonyl (C=O) groups is 1. The molecule has 0 unspecified atom stereocenters. The lowest BCUT2D eigenvalue weighted by atomic mass is 10.1. The predicted molar refractivity (Wildman–Crippen MR) is 110 cm³/mol. The van der Waals surface area contributed by atoms with Crippen molar-refractivity contribution in [3.05, 3.63) is 47.7 Å². The van der Waals surface area contributed by atoms with E-state index in [-0.39, 0.29) is 5.91 Å². The first-order valence-corrected chi connectivity index (χ1v) is 8.74. The lowest BCUT2D eigenvalue weighted by molar-refractivity contribution is -0.113. The molecule has 0 bridgehead atoms. The van der Waals surface area contributed by atoms with Crippen LogP contribution in [0, 0.1) is 0 Å². The number of carbonyl (C=O) groups excluding carboxylic acids is 1. The summed E-state index contributed by atoms with van der Waals surface area (Å²) in [6.45, 7) is 0. The van der Waals surface area contributed by atoms with Crippen LogP contribution in [-0.2, 0) is 4.79 Å². The van der Waals surface area contributed by atoms with E-state index in [1.807, 2.05) is 0 Å². The second-order valence-corrected chi connectivity index (χ2v) is 6.17. The number of hydrogen-bond acceptors (Lipinski definition) is 6. The average Bonchev–Trinajstić information content (AvgIpc) is 3.00. The number of ether oxygens (including phenoxy) is 4. The number of methoxy groups -OCH3 is 4. The molecule has 28 heavy (non-hydrogen) atoms. The van der Waals surface area contributed by atoms with Crippen LogP contribution in [-0.4, -0.2) is 39.5 Å². The van der Waals surface area contributed by atoms with E-state index in [0.29, 0.717) is 45.1 Å². The summed E-state index contributed by atoms with van der Waals surface area (Å²) in [5.41, 5.74) is 1.69. The van der Waals surface area contributed by atoms with Gasteiger partial charge < -0.3 is 24.3 Å². The molecular formula is C20H20N2O5S. The zero-order valence-corrected chi connectivity index (χ0v) is 16.8. The van der Waals surface area contributed by atoms with E-state index in [2.05, 4.69) is 5.32 Å². The fraction of sp³-hybridized carbons (Fsp3) is 0.200. The molecule has 1 N–H and O–H groups in total. The Balaban J connectivity index is 1.95. The van der Waals surface area contributed by atoms with Crippen LogP contribution < -0.4 is 29.2 Å². The van der Waals surface area contributed by atoms with Crippen LogP contribution in [0.1, 0.15) is 5.56 Å². The third-order valence-electron chi connectivity index (χ3n) is 4.21. The lowest BCUT2D eigenvalue weighted by Crippen LogP contribution is -2.30. The summed E-state index contributed by atoms with van der Waals surface area (Å²) >= 11 is 5.34. The van der Waals surface area contributed by atoms with E-state index < -0.39 is 0 Å². The number of rotatable bonds is 6. The van der Waals surface area contributed by atoms with Gasteiger partial charge in [0.25, 0.3) is 5.91 Å². The second kappa shape index (κ2) is 8.18. The molecule has 2 aromatic rings. The van der Waals surface area contributed by atoms with Crippen LogP contribution >= 0.6 is 12.2 Å². The zero-order valence-electron chi connectivity index (χ0n) is 15.9. The number of nitrogens with one attached hydrogen (secondary N) is 1. The van der Waals surface area contributed by atoms with E-state index in [1.165, 1.54) is 26.2 Å². The van der Waals surface area contributed by atoms with Gasteiger partial charge in [-0.05, 0) is 60.3 Å². The maximum atomic E-state index is 12.9. The van der Waals surface area contributed by atoms with E-state index >= 15 is 0 Å². The third-order valence-corrected chi connectivity index (χ3v) is 4.49. The van der Waals surface area contributed by atoms with Crippen LogP contribution in [0.2, 0.25) is 0 Å². The summed E-state index contributed by atoms with van der Waals surface area (Å²) in [4.78, 5) is 14.3. The Hall–Kier alpha value is -3.26. The number of nitrogens with zero attached hydrogens (tertiary/aromatic N) is 1. The smallest absolute Gasteiger partial charge is 0.281 e. The molecule has 8 heteroatoms. The van der Waals surface area contributed by atoms with Gasteiger partial charge in [0.05, 0.1) is 34.1 Å². The quantitative estimate of drug-likeness (QED) is 0.591. The van der Waals surface area contributed by atoms with Gasteiger partial charge >= 0.3 is 0 Å². The van der Waals surface area contributed by atoms with Crippen molar-refractivity contribution in [2.45, 2.75) is 0 Å². The number of thiocarbonyl (C=S) groups is 1. The Labute approximate surface area is 168 Å². The van der Waals surface area contributed by atoms with Gasteiger partial charge in [0.15, 0.2) is 16.6 Å². The molecule has 1 fully saturated rings. The molecule has 1 aliphatic rings. The van der Waals surface area contributed by atoms with Gasteiger partial charge in [0.2, 0.25) is 5.75 Å². The number of benzene rings is 2. The van der Waals surface area contributed by atoms with Crippen molar-refractivity contribution < 1.29 is 23.7 Å². The van der Waals surface area contributed by atoms with E-state index in [9.17, 15) is 4.79 Å². The molecule has 0 radical (unpaired) electrons. The van der Waals surface area contributed by atoms with Gasteiger partial charge in [0, 0.05) is 0 Å². The minimum atomic E-state index is -0.260. The number of amides is 1. The third kappa shape index (κ3) is 3.59. The highest BCUT2D eigenvalue weighted by Gasteiger charge is 2.32. The van der Waals surface area contributed by atoms with Crippen molar-refractivity contribution in [2.24, 2.45) is 0 Å². The minimum Gasteiger partial charge on any atom is -0.497 e. The van der Waals surface area contributed by atoms with E-state index in [1.54, 1.807) is 49.6 Å². The highest BCUT2D eigenvalue weighted by molar-refractivity contribution is 7.80. The summed E-state index contributed by atoms with van der Waals surface area (Å²) < 4.78 is 21.2. The van der Waals surface area contributed by atoms with Crippen molar-refractivity contribution in [3.63, 3.8) is 0 Å². The Morgan fingerprint density at radius 1 is 0.929 bits per heavy atom. The van der Waals surface area contributed by atoms with Gasteiger partial charge in [-0.3, -0.25) is 9.69 Å². The maximum Gasteiger partial charge on any atom is 0.281 e. The molecule has 0 atom stereocenters. The predicted octanol–water partition coefficient (Wildman–Crippen LogP) is 2.98. The largest absolute Gasteiger partial charge is 0.497 e. The minimum absolute atomic E-state index is 0.260. The summed E-state index contributed by atoms with van der Waals surface area (Å²) in [5, 5.41) is 3.26. The molecule has 1 amide bonds. The van der Waals surface area contributed by atoms with E-state index in [0.717, 1.165) is 0 Å². The Kier molecular flexibility index (Phi) is 5.70. The molecule has 1 aliphatic heterocycles. The van der Waals surface area contributed by atoms with Crippen LogP contribution in [0.25, 0.3) is 6.08 Å². The zero-order chi connectivity index (χ0) is 20.3. The number of anilines is 1. The van der Waals surface area contributed by atoms with Gasteiger partial charge in [-0.25, -0.2) is 0 Å². The standard InChI is InChI=1S/C20H20N2O5S/c1-24-14-7-5-13(6-8-14)22-19(23)15(21-20(22)28)9-12-10-16(25-2)18(27-4)17(11-12)26-3/h5-11H,1-4H3,(H,21,28). The lowest BCUT2D eigenvalue weighted by Gasteiger charge is -2.14. The van der Waals surface area contributed by atoms with Gasteiger partial charge in [-0.1, -0.05) is 0 Å². The van der Waals surface area contributed by atoms with Gasteiger partial charge in [0.1, 0.15) is 11.4 Å². The Morgan fingerprint density at radius 3 is 2.04 bits per heavy atom. The Morgan fingerprint density at radius 2 is 1.54 bits per heavy atom. The maximum absolute atomic E-state index is 12.9. The van der Waals surface area contributed by atoms with Crippen LogP contribution in [0.3, 0.4) is 0 Å². The molecule has 1 saturated heterocycles. The first kappa shape index (κ1) is 19.5. The first-order valence-electron chi connectivity index (χ1n) is 8.33. The molecule has 1 heterocycles. The van der Waals surface area contributed by atoms with Crippen LogP contribution in [0.4, 0.5) is 5.69 Å². The van der Waals surface area contributed by atoms with Crippen LogP contribution in [0.5, 0.6) is 23.0 Å². The molecule has 0 saturated carbocycles. The molecule has 3 rings (SSSR count).